The highest BCUT2D eigenvalue weighted by Gasteiger charge is 1.98. The third-order valence-corrected chi connectivity index (χ3v) is 3.56. The standard InChI is InChI=1S/C18H25N3O/c1-3-18-20-13-15-21(18)14-5-12-19-11-4-6-16-7-9-17(22-2)10-8-16/h4,6-10,13,15,19H,3,5,11-12,14H2,1-2H3/b6-4+. The van der Waals surface area contributed by atoms with Gasteiger partial charge in [-0.1, -0.05) is 31.2 Å². The summed E-state index contributed by atoms with van der Waals surface area (Å²) >= 11 is 0. The first kappa shape index (κ1) is 16.3. The summed E-state index contributed by atoms with van der Waals surface area (Å²) in [6.45, 7) is 5.06. The molecule has 0 spiro atoms. The van der Waals surface area contributed by atoms with Crippen molar-refractivity contribution >= 4 is 6.08 Å². The Bertz CT molecular complexity index is 572. The van der Waals surface area contributed by atoms with E-state index in [2.05, 4.69) is 52.3 Å². The summed E-state index contributed by atoms with van der Waals surface area (Å²) in [5, 5.41) is 3.43. The maximum Gasteiger partial charge on any atom is 0.118 e. The maximum atomic E-state index is 5.14. The average molecular weight is 299 g/mol. The maximum absolute atomic E-state index is 5.14. The molecule has 0 amide bonds. The molecule has 0 fully saturated rings. The van der Waals surface area contributed by atoms with E-state index in [9.17, 15) is 0 Å². The molecule has 0 bridgehead atoms. The van der Waals surface area contributed by atoms with Crippen LogP contribution in [0.5, 0.6) is 5.75 Å². The number of methoxy groups -OCH3 is 1. The Labute approximate surface area is 132 Å². The lowest BCUT2D eigenvalue weighted by Gasteiger charge is -2.06. The largest absolute Gasteiger partial charge is 0.497 e. The van der Waals surface area contributed by atoms with Crippen LogP contribution in [-0.4, -0.2) is 29.8 Å². The Morgan fingerprint density at radius 2 is 2.09 bits per heavy atom. The van der Waals surface area contributed by atoms with Gasteiger partial charge in [0.25, 0.3) is 0 Å². The van der Waals surface area contributed by atoms with Crippen molar-refractivity contribution in [3.8, 4) is 5.75 Å². The van der Waals surface area contributed by atoms with Gasteiger partial charge in [0, 0.05) is 31.9 Å². The molecule has 0 unspecified atom stereocenters. The minimum absolute atomic E-state index is 0.886. The van der Waals surface area contributed by atoms with E-state index < -0.39 is 0 Å². The van der Waals surface area contributed by atoms with Gasteiger partial charge in [0.15, 0.2) is 0 Å². The first-order valence-corrected chi connectivity index (χ1v) is 7.84. The van der Waals surface area contributed by atoms with Crippen LogP contribution in [0.2, 0.25) is 0 Å². The number of aryl methyl sites for hydroxylation is 2. The van der Waals surface area contributed by atoms with Crippen molar-refractivity contribution in [3.63, 3.8) is 0 Å². The number of imidazole rings is 1. The fraction of sp³-hybridized carbons (Fsp3) is 0.389. The van der Waals surface area contributed by atoms with Gasteiger partial charge in [-0.2, -0.15) is 0 Å². The second-order valence-corrected chi connectivity index (χ2v) is 5.12. The molecular formula is C18H25N3O. The molecule has 1 aromatic carbocycles. The molecule has 2 aromatic rings. The summed E-state index contributed by atoms with van der Waals surface area (Å²) in [6, 6.07) is 8.06. The molecule has 1 heterocycles. The Balaban J connectivity index is 1.61. The van der Waals surface area contributed by atoms with Crippen LogP contribution >= 0.6 is 0 Å². The van der Waals surface area contributed by atoms with E-state index in [0.29, 0.717) is 0 Å². The van der Waals surface area contributed by atoms with Crippen LogP contribution in [-0.2, 0) is 13.0 Å². The summed E-state index contributed by atoms with van der Waals surface area (Å²) in [4.78, 5) is 4.33. The van der Waals surface area contributed by atoms with Crippen molar-refractivity contribution in [1.82, 2.24) is 14.9 Å². The second-order valence-electron chi connectivity index (χ2n) is 5.12. The smallest absolute Gasteiger partial charge is 0.118 e. The number of rotatable bonds is 9. The molecule has 0 atom stereocenters. The highest BCUT2D eigenvalue weighted by Crippen LogP contribution is 2.11. The number of hydrogen-bond donors (Lipinski definition) is 1. The van der Waals surface area contributed by atoms with Gasteiger partial charge in [-0.15, -0.1) is 0 Å². The van der Waals surface area contributed by atoms with Crippen LogP contribution in [0.3, 0.4) is 0 Å². The molecule has 1 N–H and O–H groups in total. The summed E-state index contributed by atoms with van der Waals surface area (Å²) in [6.07, 6.45) is 10.3. The van der Waals surface area contributed by atoms with Gasteiger partial charge in [0.1, 0.15) is 11.6 Å². The number of hydrogen-bond acceptors (Lipinski definition) is 3. The Morgan fingerprint density at radius 3 is 2.82 bits per heavy atom. The number of nitrogens with zero attached hydrogens (tertiary/aromatic N) is 2. The third kappa shape index (κ3) is 5.04. The second kappa shape index (κ2) is 9.05. The minimum atomic E-state index is 0.886. The van der Waals surface area contributed by atoms with Gasteiger partial charge >= 0.3 is 0 Å². The zero-order valence-electron chi connectivity index (χ0n) is 13.5. The molecule has 2 rings (SSSR count). The lowest BCUT2D eigenvalue weighted by molar-refractivity contribution is 0.415. The topological polar surface area (TPSA) is 39.1 Å². The summed E-state index contributed by atoms with van der Waals surface area (Å²) < 4.78 is 7.37. The quantitative estimate of drug-likeness (QED) is 0.723. The van der Waals surface area contributed by atoms with Gasteiger partial charge < -0.3 is 14.6 Å². The molecule has 0 saturated heterocycles. The Morgan fingerprint density at radius 1 is 1.27 bits per heavy atom. The molecule has 0 aliphatic carbocycles. The van der Waals surface area contributed by atoms with Gasteiger partial charge in [-0.25, -0.2) is 4.98 Å². The lowest BCUT2D eigenvalue weighted by atomic mass is 10.2. The molecule has 22 heavy (non-hydrogen) atoms. The first-order chi connectivity index (χ1) is 10.8. The normalized spacial score (nSPS) is 11.2. The van der Waals surface area contributed by atoms with E-state index in [0.717, 1.165) is 38.2 Å². The van der Waals surface area contributed by atoms with Crippen LogP contribution in [0.25, 0.3) is 6.08 Å². The van der Waals surface area contributed by atoms with Crippen molar-refractivity contribution in [2.75, 3.05) is 20.2 Å². The van der Waals surface area contributed by atoms with Gasteiger partial charge in [0.05, 0.1) is 7.11 Å². The van der Waals surface area contributed by atoms with Gasteiger partial charge in [0.2, 0.25) is 0 Å². The van der Waals surface area contributed by atoms with Crippen molar-refractivity contribution in [3.05, 3.63) is 54.1 Å². The lowest BCUT2D eigenvalue weighted by Crippen LogP contribution is -2.17. The van der Waals surface area contributed by atoms with E-state index in [1.165, 1.54) is 11.4 Å². The molecule has 0 aliphatic heterocycles. The SMILES string of the molecule is CCc1nccn1CCCNC/C=C/c1ccc(OC)cc1. The number of nitrogens with one attached hydrogen (secondary N) is 1. The fourth-order valence-electron chi connectivity index (χ4n) is 2.33. The van der Waals surface area contributed by atoms with Crippen molar-refractivity contribution in [1.29, 1.82) is 0 Å². The van der Waals surface area contributed by atoms with Crippen molar-refractivity contribution in [2.45, 2.75) is 26.3 Å². The van der Waals surface area contributed by atoms with E-state index in [4.69, 9.17) is 4.74 Å². The van der Waals surface area contributed by atoms with Crippen LogP contribution in [0.1, 0.15) is 24.7 Å². The molecule has 0 saturated carbocycles. The molecule has 4 heteroatoms. The van der Waals surface area contributed by atoms with E-state index >= 15 is 0 Å². The number of aromatic nitrogens is 2. The molecule has 0 aliphatic rings. The van der Waals surface area contributed by atoms with Gasteiger partial charge in [-0.05, 0) is 30.7 Å². The fourth-order valence-corrected chi connectivity index (χ4v) is 2.33. The molecule has 4 nitrogen and oxygen atoms in total. The predicted octanol–water partition coefficient (Wildman–Crippen LogP) is 3.15. The zero-order chi connectivity index (χ0) is 15.6. The molecule has 0 radical (unpaired) electrons. The monoisotopic (exact) mass is 299 g/mol. The van der Waals surface area contributed by atoms with Crippen molar-refractivity contribution < 1.29 is 4.74 Å². The Hall–Kier alpha value is -2.07. The van der Waals surface area contributed by atoms with Crippen LogP contribution in [0, 0.1) is 0 Å². The summed E-state index contributed by atoms with van der Waals surface area (Å²) in [7, 11) is 1.68. The first-order valence-electron chi connectivity index (χ1n) is 7.84. The number of benzene rings is 1. The Kier molecular flexibility index (Phi) is 6.71. The van der Waals surface area contributed by atoms with Crippen LogP contribution in [0.4, 0.5) is 0 Å². The van der Waals surface area contributed by atoms with Crippen LogP contribution < -0.4 is 10.1 Å². The summed E-state index contributed by atoms with van der Waals surface area (Å²) in [5.41, 5.74) is 1.19. The van der Waals surface area contributed by atoms with E-state index in [1.54, 1.807) is 7.11 Å². The van der Waals surface area contributed by atoms with E-state index in [-0.39, 0.29) is 0 Å². The van der Waals surface area contributed by atoms with Crippen molar-refractivity contribution in [2.24, 2.45) is 0 Å². The highest BCUT2D eigenvalue weighted by atomic mass is 16.5. The molecule has 118 valence electrons. The third-order valence-electron chi connectivity index (χ3n) is 3.56. The predicted molar refractivity (Wildman–Crippen MR) is 91.1 cm³/mol. The van der Waals surface area contributed by atoms with Gasteiger partial charge in [-0.3, -0.25) is 0 Å². The molecule has 1 aromatic heterocycles. The molecular weight excluding hydrogens is 274 g/mol. The van der Waals surface area contributed by atoms with E-state index in [1.807, 2.05) is 18.3 Å². The summed E-state index contributed by atoms with van der Waals surface area (Å²) in [5.74, 6) is 2.06. The number of ether oxygens (including phenoxy) is 1. The highest BCUT2D eigenvalue weighted by molar-refractivity contribution is 5.50. The average Bonchev–Trinajstić information content (AvgIpc) is 3.02. The van der Waals surface area contributed by atoms with Crippen LogP contribution in [0.15, 0.2) is 42.7 Å². The minimum Gasteiger partial charge on any atom is -0.497 e. The zero-order valence-corrected chi connectivity index (χ0v) is 13.5.